The van der Waals surface area contributed by atoms with Gasteiger partial charge < -0.3 is 68.7 Å². The number of carbonyl (C=O) groups excluding carboxylic acids is 2. The second kappa shape index (κ2) is 23.7. The predicted octanol–water partition coefficient (Wildman–Crippen LogP) is 4.13. The maximum atomic E-state index is 14.5. The van der Waals surface area contributed by atoms with Crippen molar-refractivity contribution in [3.8, 4) is 0 Å². The number of cyclic esters (lactones) is 1. The largest absolute Gasteiger partial charge is 0.459 e. The van der Waals surface area contributed by atoms with Crippen molar-refractivity contribution in [2.45, 2.75) is 198 Å². The van der Waals surface area contributed by atoms with E-state index in [2.05, 4.69) is 15.6 Å². The molecule has 3 aliphatic rings. The molecule has 20 heteroatoms. The molecule has 3 fully saturated rings. The van der Waals surface area contributed by atoms with Crippen molar-refractivity contribution in [2.75, 3.05) is 34.8 Å². The zero-order chi connectivity index (χ0) is 51.3. The number of nitrogens with zero attached hydrogens (tertiary/aromatic N) is 5. The van der Waals surface area contributed by atoms with E-state index in [1.165, 1.54) is 14.0 Å². The number of nitrogens with one attached hydrogen (secondary N) is 1. The zero-order valence-electron chi connectivity index (χ0n) is 43.1. The fourth-order valence-electron chi connectivity index (χ4n) is 10.6. The Kier molecular flexibility index (Phi) is 19.5. The van der Waals surface area contributed by atoms with Gasteiger partial charge in [-0.1, -0.05) is 55.8 Å². The number of carbonyl (C=O) groups is 2. The number of alkyl carbamates (subject to hydrolysis) is 1. The summed E-state index contributed by atoms with van der Waals surface area (Å²) in [5.41, 5.74) is -3.29. The lowest BCUT2D eigenvalue weighted by atomic mass is 9.77. The van der Waals surface area contributed by atoms with Gasteiger partial charge in [0.05, 0.1) is 55.2 Å². The number of likely N-dealkylation sites (N-methyl/N-ethyl adjacent to an activating group) is 2. The average molecular weight is 998 g/mol. The summed E-state index contributed by atoms with van der Waals surface area (Å²) in [5, 5.41) is 59.7. The first-order valence-electron chi connectivity index (χ1n) is 24.3. The highest BCUT2D eigenvalue weighted by molar-refractivity contribution is 6.31. The van der Waals surface area contributed by atoms with Gasteiger partial charge in [0.25, 0.3) is 0 Å². The van der Waals surface area contributed by atoms with Gasteiger partial charge >= 0.3 is 12.1 Å². The first-order chi connectivity index (χ1) is 32.2. The molecule has 0 unspecified atom stereocenters. The minimum atomic E-state index is -1.85. The number of aromatic nitrogens is 3. The Bertz CT molecular complexity index is 1980. The molecule has 0 saturated carbocycles. The Labute approximate surface area is 413 Å². The van der Waals surface area contributed by atoms with Gasteiger partial charge in [-0.15, -0.1) is 5.10 Å². The molecule has 3 aliphatic heterocycles. The Morgan fingerprint density at radius 1 is 1.01 bits per heavy atom. The highest BCUT2D eigenvalue weighted by atomic mass is 35.5. The van der Waals surface area contributed by atoms with Gasteiger partial charge in [-0.3, -0.25) is 4.79 Å². The van der Waals surface area contributed by atoms with Crippen molar-refractivity contribution in [3.05, 3.63) is 46.7 Å². The van der Waals surface area contributed by atoms with Crippen LogP contribution in [0.25, 0.3) is 0 Å². The Balaban J connectivity index is 1.43. The highest BCUT2D eigenvalue weighted by Gasteiger charge is 2.54. The molecule has 392 valence electrons. The van der Waals surface area contributed by atoms with E-state index in [-0.39, 0.29) is 43.9 Å². The average Bonchev–Trinajstić information content (AvgIpc) is 3.73. The topological polar surface area (TPSA) is 229 Å². The lowest BCUT2D eigenvalue weighted by molar-refractivity contribution is -0.317. The van der Waals surface area contributed by atoms with Crippen LogP contribution in [0, 0.1) is 17.8 Å². The van der Waals surface area contributed by atoms with Gasteiger partial charge in [0.2, 0.25) is 0 Å². The van der Waals surface area contributed by atoms with Crippen LogP contribution in [0.3, 0.4) is 0 Å². The molecule has 1 amide bonds. The van der Waals surface area contributed by atoms with E-state index >= 15 is 0 Å². The SMILES string of the molecule is CC[C@H]1OC(=O)[C@H](C)[C@@H](O[C@H]2C[C@@](C)(OC)[C@@H](OC(=O)NCc3cn(Cc4ccccc4Cl)nn3)[C@H](C)O2)[C@H](C)[C@@H](O[C@@H]2O[C@H](C)C[C@H](N(C)C)[C@H]2O)[C@](C)(O)C[C@@H](C)CN(C)[C@H](C)[C@@H](O)[C@]1(C)O. The number of aliphatic hydroxyl groups excluding tert-OH is 2. The van der Waals surface area contributed by atoms with Crippen LogP contribution in [0.15, 0.2) is 30.5 Å². The Hall–Kier alpha value is -3.05. The number of amides is 1. The van der Waals surface area contributed by atoms with Gasteiger partial charge in [-0.05, 0) is 106 Å². The predicted molar refractivity (Wildman–Crippen MR) is 256 cm³/mol. The van der Waals surface area contributed by atoms with E-state index in [1.54, 1.807) is 65.4 Å². The van der Waals surface area contributed by atoms with Crippen molar-refractivity contribution < 1.29 is 63.2 Å². The number of halogens is 1. The van der Waals surface area contributed by atoms with Crippen molar-refractivity contribution in [2.24, 2.45) is 17.8 Å². The summed E-state index contributed by atoms with van der Waals surface area (Å²) in [5.74, 6) is -2.84. The van der Waals surface area contributed by atoms with Crippen molar-refractivity contribution in [1.82, 2.24) is 30.1 Å². The molecule has 2 aromatic rings. The minimum Gasteiger partial charge on any atom is -0.459 e. The van der Waals surface area contributed by atoms with Gasteiger partial charge in [0, 0.05) is 43.1 Å². The Morgan fingerprint density at radius 3 is 2.33 bits per heavy atom. The second-order valence-corrected chi connectivity index (χ2v) is 21.3. The van der Waals surface area contributed by atoms with Crippen LogP contribution in [0.2, 0.25) is 5.02 Å². The summed E-state index contributed by atoms with van der Waals surface area (Å²) in [7, 11) is 7.08. The van der Waals surface area contributed by atoms with Gasteiger partial charge in [0.1, 0.15) is 35.2 Å². The number of hydrogen-bond acceptors (Lipinski definition) is 17. The third-order valence-corrected chi connectivity index (χ3v) is 15.1. The molecule has 1 aromatic heterocycles. The van der Waals surface area contributed by atoms with E-state index in [0.29, 0.717) is 30.2 Å². The lowest BCUT2D eigenvalue weighted by Crippen LogP contribution is -2.61. The molecule has 3 saturated heterocycles. The van der Waals surface area contributed by atoms with E-state index < -0.39 is 102 Å². The molecule has 5 N–H and O–H groups in total. The third kappa shape index (κ3) is 13.7. The molecule has 5 rings (SSSR count). The minimum absolute atomic E-state index is 0.0265. The van der Waals surface area contributed by atoms with E-state index in [9.17, 15) is 30.0 Å². The molecule has 0 aliphatic carbocycles. The molecule has 4 heterocycles. The van der Waals surface area contributed by atoms with Gasteiger partial charge in [0.15, 0.2) is 18.7 Å². The quantitative estimate of drug-likeness (QED) is 0.188. The van der Waals surface area contributed by atoms with E-state index in [1.807, 2.05) is 63.0 Å². The first kappa shape index (κ1) is 56.9. The Morgan fingerprint density at radius 2 is 1.70 bits per heavy atom. The number of hydrogen-bond donors (Lipinski definition) is 5. The molecule has 0 spiro atoms. The molecule has 19 nitrogen and oxygen atoms in total. The van der Waals surface area contributed by atoms with E-state index in [0.717, 1.165) is 5.56 Å². The van der Waals surface area contributed by atoms with Gasteiger partial charge in [-0.2, -0.15) is 0 Å². The number of esters is 1. The maximum Gasteiger partial charge on any atom is 0.407 e. The molecule has 69 heavy (non-hydrogen) atoms. The standard InChI is InChI=1S/C49H81ClN6O13/c1-15-37-49(10,62)41(58)31(6)55(13)24-27(2)21-47(8,61)42(68-45-39(57)36(54(11)12)20-28(3)64-45)29(4)40(30(5)44(59)66-37)67-38-22-48(9,63-14)43(32(7)65-38)69-46(60)51-23-34-26-56(53-52-34)25-33-18-16-17-19-35(33)50/h16-19,26-32,36-43,45,57-58,61-62H,15,20-25H2,1-14H3,(H,51,60)/t27-,28-,29+,30-,31-,32+,36+,37-,38+,39-,40+,41-,42-,43+,45+,47-,48-,49-/m1/s1. The number of methoxy groups -OCH3 is 1. The van der Waals surface area contributed by atoms with Gasteiger partial charge in [-0.25, -0.2) is 9.48 Å². The fraction of sp³-hybridized carbons (Fsp3) is 0.796. The summed E-state index contributed by atoms with van der Waals surface area (Å²) in [6.07, 6.45) is -8.12. The summed E-state index contributed by atoms with van der Waals surface area (Å²) in [6, 6.07) is 6.53. The second-order valence-electron chi connectivity index (χ2n) is 20.9. The number of rotatable bonds is 12. The van der Waals surface area contributed by atoms with Crippen LogP contribution in [0.4, 0.5) is 4.79 Å². The lowest BCUT2D eigenvalue weighted by Gasteiger charge is -2.49. The van der Waals surface area contributed by atoms with Crippen molar-refractivity contribution >= 4 is 23.7 Å². The smallest absolute Gasteiger partial charge is 0.407 e. The van der Waals surface area contributed by atoms with Crippen LogP contribution in [-0.2, 0) is 51.0 Å². The van der Waals surface area contributed by atoms with Crippen LogP contribution in [-0.4, -0.2) is 182 Å². The first-order valence-corrected chi connectivity index (χ1v) is 24.7. The number of aliphatic hydroxyl groups is 4. The molecule has 0 bridgehead atoms. The normalized spacial score (nSPS) is 40.1. The van der Waals surface area contributed by atoms with Crippen LogP contribution in [0.5, 0.6) is 0 Å². The summed E-state index contributed by atoms with van der Waals surface area (Å²) >= 11 is 6.33. The number of ether oxygens (including phenoxy) is 7. The summed E-state index contributed by atoms with van der Waals surface area (Å²) in [4.78, 5) is 31.7. The molecule has 0 radical (unpaired) electrons. The number of benzene rings is 1. The zero-order valence-corrected chi connectivity index (χ0v) is 43.8. The monoisotopic (exact) mass is 997 g/mol. The molecule has 18 atom stereocenters. The summed E-state index contributed by atoms with van der Waals surface area (Å²) < 4.78 is 46.3. The van der Waals surface area contributed by atoms with Crippen molar-refractivity contribution in [1.29, 1.82) is 0 Å². The highest BCUT2D eigenvalue weighted by Crippen LogP contribution is 2.41. The van der Waals surface area contributed by atoms with Crippen LogP contribution < -0.4 is 5.32 Å². The van der Waals surface area contributed by atoms with Crippen molar-refractivity contribution in [3.63, 3.8) is 0 Å². The van der Waals surface area contributed by atoms with E-state index in [4.69, 9.17) is 44.8 Å². The van der Waals surface area contributed by atoms with Crippen LogP contribution >= 0.6 is 11.6 Å². The molecular weight excluding hydrogens is 916 g/mol. The molecular formula is C49H81ClN6O13. The molecule has 1 aromatic carbocycles. The fourth-order valence-corrected chi connectivity index (χ4v) is 10.8. The van der Waals surface area contributed by atoms with Crippen LogP contribution in [0.1, 0.15) is 106 Å². The summed E-state index contributed by atoms with van der Waals surface area (Å²) in [6.45, 7) is 18.3. The third-order valence-electron chi connectivity index (χ3n) is 14.7. The maximum absolute atomic E-state index is 14.5.